The molecular formula is C16H12F3N3O5. The van der Waals surface area contributed by atoms with Gasteiger partial charge < -0.3 is 14.0 Å². The molecule has 3 rings (SSSR count). The van der Waals surface area contributed by atoms with Crippen LogP contribution in [0.5, 0.6) is 11.5 Å². The van der Waals surface area contributed by atoms with Crippen LogP contribution in [0.3, 0.4) is 0 Å². The van der Waals surface area contributed by atoms with Gasteiger partial charge in [-0.25, -0.2) is 0 Å². The van der Waals surface area contributed by atoms with Gasteiger partial charge in [-0.15, -0.1) is 0 Å². The summed E-state index contributed by atoms with van der Waals surface area (Å²) in [6.45, 7) is -0.674. The molecule has 1 aliphatic heterocycles. The van der Waals surface area contributed by atoms with E-state index in [0.29, 0.717) is 22.1 Å². The number of hydrogen-bond donors (Lipinski definition) is 2. The highest BCUT2D eigenvalue weighted by Crippen LogP contribution is 2.32. The molecule has 142 valence electrons. The van der Waals surface area contributed by atoms with Gasteiger partial charge >= 0.3 is 6.18 Å². The SMILES string of the molecule is O=C(Cn1cccc(C(F)(F)F)c1=O)NNC(=O)c1ccc2c(c1)OCO2. The van der Waals surface area contributed by atoms with Gasteiger partial charge in [-0.3, -0.25) is 25.2 Å². The molecule has 1 aliphatic rings. The maximum Gasteiger partial charge on any atom is 0.421 e. The van der Waals surface area contributed by atoms with Crippen molar-refractivity contribution < 1.29 is 32.2 Å². The molecule has 27 heavy (non-hydrogen) atoms. The lowest BCUT2D eigenvalue weighted by Crippen LogP contribution is -2.44. The largest absolute Gasteiger partial charge is 0.454 e. The first kappa shape index (κ1) is 18.3. The van der Waals surface area contributed by atoms with Gasteiger partial charge in [-0.05, 0) is 30.3 Å². The monoisotopic (exact) mass is 383 g/mol. The summed E-state index contributed by atoms with van der Waals surface area (Å²) < 4.78 is 49.0. The molecule has 0 saturated carbocycles. The molecular weight excluding hydrogens is 371 g/mol. The molecule has 0 radical (unpaired) electrons. The number of ether oxygens (including phenoxy) is 2. The molecule has 1 aromatic carbocycles. The molecule has 0 saturated heterocycles. The Morgan fingerprint density at radius 3 is 2.59 bits per heavy atom. The van der Waals surface area contributed by atoms with Crippen LogP contribution in [-0.2, 0) is 17.5 Å². The molecule has 11 heteroatoms. The van der Waals surface area contributed by atoms with E-state index in [1.54, 1.807) is 0 Å². The van der Waals surface area contributed by atoms with Gasteiger partial charge in [0.25, 0.3) is 17.4 Å². The minimum absolute atomic E-state index is 0.0306. The molecule has 0 atom stereocenters. The predicted octanol–water partition coefficient (Wildman–Crippen LogP) is 1.06. The summed E-state index contributed by atoms with van der Waals surface area (Å²) in [6, 6.07) is 5.98. The van der Waals surface area contributed by atoms with E-state index in [1.165, 1.54) is 18.2 Å². The number of rotatable bonds is 3. The van der Waals surface area contributed by atoms with Crippen molar-refractivity contribution in [3.05, 3.63) is 58.0 Å². The maximum absolute atomic E-state index is 12.7. The van der Waals surface area contributed by atoms with E-state index in [9.17, 15) is 27.6 Å². The van der Waals surface area contributed by atoms with Gasteiger partial charge in [0, 0.05) is 11.8 Å². The molecule has 2 N–H and O–H groups in total. The van der Waals surface area contributed by atoms with E-state index < -0.39 is 35.7 Å². The zero-order chi connectivity index (χ0) is 19.6. The van der Waals surface area contributed by atoms with E-state index in [4.69, 9.17) is 9.47 Å². The Kier molecular flexibility index (Phi) is 4.75. The summed E-state index contributed by atoms with van der Waals surface area (Å²) >= 11 is 0. The third-order valence-corrected chi connectivity index (χ3v) is 3.59. The number of carbonyl (C=O) groups is 2. The Balaban J connectivity index is 1.62. The molecule has 0 aliphatic carbocycles. The Hall–Kier alpha value is -3.50. The number of carbonyl (C=O) groups excluding carboxylic acids is 2. The average molecular weight is 383 g/mol. The van der Waals surface area contributed by atoms with Crippen molar-refractivity contribution in [2.75, 3.05) is 6.79 Å². The number of fused-ring (bicyclic) bond motifs is 1. The number of hydrogen-bond acceptors (Lipinski definition) is 5. The lowest BCUT2D eigenvalue weighted by atomic mass is 10.2. The number of pyridine rings is 1. The van der Waals surface area contributed by atoms with Crippen LogP contribution < -0.4 is 25.9 Å². The summed E-state index contributed by atoms with van der Waals surface area (Å²) in [7, 11) is 0. The zero-order valence-electron chi connectivity index (χ0n) is 13.5. The maximum atomic E-state index is 12.7. The first-order valence-corrected chi connectivity index (χ1v) is 7.51. The van der Waals surface area contributed by atoms with E-state index in [2.05, 4.69) is 5.43 Å². The van der Waals surface area contributed by atoms with Crippen molar-refractivity contribution >= 4 is 11.8 Å². The number of benzene rings is 1. The number of nitrogens with one attached hydrogen (secondary N) is 2. The minimum atomic E-state index is -4.83. The fourth-order valence-corrected chi connectivity index (χ4v) is 2.31. The van der Waals surface area contributed by atoms with E-state index >= 15 is 0 Å². The Bertz CT molecular complexity index is 955. The number of alkyl halides is 3. The minimum Gasteiger partial charge on any atom is -0.454 e. The van der Waals surface area contributed by atoms with Crippen LogP contribution in [0.25, 0.3) is 0 Å². The third kappa shape index (κ3) is 4.02. The number of hydrazine groups is 1. The number of amides is 2. The highest BCUT2D eigenvalue weighted by atomic mass is 19.4. The van der Waals surface area contributed by atoms with Crippen LogP contribution in [0, 0.1) is 0 Å². The smallest absolute Gasteiger partial charge is 0.421 e. The normalized spacial score (nSPS) is 12.6. The zero-order valence-corrected chi connectivity index (χ0v) is 13.5. The lowest BCUT2D eigenvalue weighted by Gasteiger charge is -2.11. The standard InChI is InChI=1S/C16H12F3N3O5/c17-16(18,19)10-2-1-5-22(15(10)25)7-13(23)20-21-14(24)9-3-4-11-12(6-9)27-8-26-11/h1-6H,7-8H2,(H,20,23)(H,21,24). The van der Waals surface area contributed by atoms with Crippen LogP contribution in [0.2, 0.25) is 0 Å². The van der Waals surface area contributed by atoms with Crippen LogP contribution in [0.4, 0.5) is 13.2 Å². The predicted molar refractivity (Wildman–Crippen MR) is 83.9 cm³/mol. The Morgan fingerprint density at radius 2 is 1.85 bits per heavy atom. The molecule has 1 aromatic heterocycles. The van der Waals surface area contributed by atoms with E-state index in [1.807, 2.05) is 5.43 Å². The Morgan fingerprint density at radius 1 is 1.11 bits per heavy atom. The van der Waals surface area contributed by atoms with Crippen LogP contribution in [0.15, 0.2) is 41.3 Å². The summed E-state index contributed by atoms with van der Waals surface area (Å²) in [5, 5.41) is 0. The second kappa shape index (κ2) is 7.02. The molecule has 0 unspecified atom stereocenters. The second-order valence-corrected chi connectivity index (χ2v) is 5.42. The molecule has 0 bridgehead atoms. The van der Waals surface area contributed by atoms with Gasteiger partial charge in [-0.1, -0.05) is 0 Å². The molecule has 8 nitrogen and oxygen atoms in total. The summed E-state index contributed by atoms with van der Waals surface area (Å²) in [4.78, 5) is 35.6. The third-order valence-electron chi connectivity index (χ3n) is 3.59. The summed E-state index contributed by atoms with van der Waals surface area (Å²) in [5.74, 6) is -0.729. The van der Waals surface area contributed by atoms with Crippen molar-refractivity contribution in [2.24, 2.45) is 0 Å². The van der Waals surface area contributed by atoms with Gasteiger partial charge in [0.2, 0.25) is 6.79 Å². The summed E-state index contributed by atoms with van der Waals surface area (Å²) in [6.07, 6.45) is -3.79. The summed E-state index contributed by atoms with van der Waals surface area (Å²) in [5.41, 5.74) is 1.55. The van der Waals surface area contributed by atoms with Crippen molar-refractivity contribution in [3.63, 3.8) is 0 Å². The number of aromatic nitrogens is 1. The topological polar surface area (TPSA) is 98.7 Å². The highest BCUT2D eigenvalue weighted by molar-refractivity contribution is 5.96. The van der Waals surface area contributed by atoms with Crippen molar-refractivity contribution in [1.29, 1.82) is 0 Å². The van der Waals surface area contributed by atoms with Crippen molar-refractivity contribution in [2.45, 2.75) is 12.7 Å². The fourth-order valence-electron chi connectivity index (χ4n) is 2.31. The van der Waals surface area contributed by atoms with Crippen molar-refractivity contribution in [1.82, 2.24) is 15.4 Å². The van der Waals surface area contributed by atoms with Gasteiger partial charge in [0.05, 0.1) is 0 Å². The Labute approximate surface area is 149 Å². The lowest BCUT2D eigenvalue weighted by molar-refractivity contribution is -0.139. The van der Waals surface area contributed by atoms with Gasteiger partial charge in [-0.2, -0.15) is 13.2 Å². The average Bonchev–Trinajstić information content (AvgIpc) is 3.08. The second-order valence-electron chi connectivity index (χ2n) is 5.42. The molecule has 2 aromatic rings. The van der Waals surface area contributed by atoms with E-state index in [0.717, 1.165) is 12.3 Å². The quantitative estimate of drug-likeness (QED) is 0.773. The van der Waals surface area contributed by atoms with Crippen LogP contribution >= 0.6 is 0 Å². The molecule has 2 heterocycles. The molecule has 0 spiro atoms. The van der Waals surface area contributed by atoms with E-state index in [-0.39, 0.29) is 12.4 Å². The van der Waals surface area contributed by atoms with Crippen LogP contribution in [0.1, 0.15) is 15.9 Å². The first-order chi connectivity index (χ1) is 12.8. The molecule has 2 amide bonds. The first-order valence-electron chi connectivity index (χ1n) is 7.51. The number of nitrogens with zero attached hydrogens (tertiary/aromatic N) is 1. The van der Waals surface area contributed by atoms with Crippen LogP contribution in [-0.4, -0.2) is 23.2 Å². The van der Waals surface area contributed by atoms with Gasteiger partial charge in [0.15, 0.2) is 11.5 Å². The fraction of sp³-hybridized carbons (Fsp3) is 0.188. The molecule has 0 fully saturated rings. The van der Waals surface area contributed by atoms with Gasteiger partial charge in [0.1, 0.15) is 12.1 Å². The highest BCUT2D eigenvalue weighted by Gasteiger charge is 2.34. The van der Waals surface area contributed by atoms with Crippen molar-refractivity contribution in [3.8, 4) is 11.5 Å². The number of halogens is 3.